The van der Waals surface area contributed by atoms with E-state index in [-0.39, 0.29) is 5.41 Å². The summed E-state index contributed by atoms with van der Waals surface area (Å²) in [5, 5.41) is 0. The van der Waals surface area contributed by atoms with E-state index in [2.05, 4.69) is 63.0 Å². The van der Waals surface area contributed by atoms with Gasteiger partial charge in [-0.15, -0.1) is 0 Å². The summed E-state index contributed by atoms with van der Waals surface area (Å²) in [6, 6.07) is 9.39. The average Bonchev–Trinajstić information content (AvgIpc) is 2.88. The molecule has 1 heterocycles. The van der Waals surface area contributed by atoms with Crippen molar-refractivity contribution < 1.29 is 0 Å². The lowest BCUT2D eigenvalue weighted by Crippen LogP contribution is -2.43. The summed E-state index contributed by atoms with van der Waals surface area (Å²) in [6.07, 6.45) is 4.06. The Morgan fingerprint density at radius 3 is 2.05 bits per heavy atom. The van der Waals surface area contributed by atoms with E-state index in [0.29, 0.717) is 0 Å². The third kappa shape index (κ3) is 3.95. The minimum absolute atomic E-state index is 0.264. The van der Waals surface area contributed by atoms with Crippen LogP contribution >= 0.6 is 0 Å². The summed E-state index contributed by atoms with van der Waals surface area (Å²) >= 11 is 0. The fourth-order valence-electron chi connectivity index (χ4n) is 3.24. The first kappa shape index (κ1) is 15.8. The lowest BCUT2D eigenvalue weighted by Gasteiger charge is -2.30. The van der Waals surface area contributed by atoms with Gasteiger partial charge in [0.05, 0.1) is 8.80 Å². The standard InChI is InChI=1S/C18H31NSi/c1-18(2,3)16-10-8-15(9-11-16)14-17(20(4)5)19-12-6-7-13-19/h8-11,17,20H,6-7,12-14H2,1-5H3. The molecule has 1 nitrogen and oxygen atoms in total. The molecule has 0 spiro atoms. The Hall–Kier alpha value is -0.603. The van der Waals surface area contributed by atoms with Crippen molar-refractivity contribution >= 4 is 8.80 Å². The molecule has 0 aromatic heterocycles. The zero-order chi connectivity index (χ0) is 14.8. The van der Waals surface area contributed by atoms with Crippen molar-refractivity contribution in [1.82, 2.24) is 4.90 Å². The Bertz CT molecular complexity index is 410. The first-order valence-corrected chi connectivity index (χ1v) is 11.2. The Labute approximate surface area is 127 Å². The molecule has 1 unspecified atom stereocenters. The number of benzene rings is 1. The van der Waals surface area contributed by atoms with Crippen LogP contribution in [0.25, 0.3) is 0 Å². The second-order valence-electron chi connectivity index (χ2n) is 7.71. The van der Waals surface area contributed by atoms with Crippen molar-refractivity contribution in [2.24, 2.45) is 0 Å². The van der Waals surface area contributed by atoms with Gasteiger partial charge >= 0.3 is 0 Å². The van der Waals surface area contributed by atoms with Crippen LogP contribution in [0.5, 0.6) is 0 Å². The van der Waals surface area contributed by atoms with E-state index >= 15 is 0 Å². The first-order chi connectivity index (χ1) is 9.38. The van der Waals surface area contributed by atoms with Gasteiger partial charge in [0.25, 0.3) is 0 Å². The van der Waals surface area contributed by atoms with Gasteiger partial charge in [-0.2, -0.15) is 0 Å². The number of rotatable bonds is 4. The molecule has 20 heavy (non-hydrogen) atoms. The van der Waals surface area contributed by atoms with Crippen molar-refractivity contribution in [3.8, 4) is 0 Å². The van der Waals surface area contributed by atoms with Gasteiger partial charge in [0.15, 0.2) is 0 Å². The Morgan fingerprint density at radius 1 is 1.05 bits per heavy atom. The lowest BCUT2D eigenvalue weighted by molar-refractivity contribution is 0.303. The SMILES string of the molecule is C[SiH](C)C(Cc1ccc(C(C)(C)C)cc1)N1CCCC1. The summed E-state index contributed by atoms with van der Waals surface area (Å²) in [6.45, 7) is 14.5. The molecule has 0 bridgehead atoms. The number of likely N-dealkylation sites (tertiary alicyclic amines) is 1. The van der Waals surface area contributed by atoms with Gasteiger partial charge in [0, 0.05) is 5.67 Å². The van der Waals surface area contributed by atoms with Crippen LogP contribution in [0.15, 0.2) is 24.3 Å². The quantitative estimate of drug-likeness (QED) is 0.757. The van der Waals surface area contributed by atoms with Crippen LogP contribution in [-0.4, -0.2) is 32.5 Å². The van der Waals surface area contributed by atoms with Crippen LogP contribution in [-0.2, 0) is 11.8 Å². The van der Waals surface area contributed by atoms with Gasteiger partial charge in [-0.25, -0.2) is 0 Å². The topological polar surface area (TPSA) is 3.24 Å². The van der Waals surface area contributed by atoms with Crippen LogP contribution in [0.2, 0.25) is 13.1 Å². The van der Waals surface area contributed by atoms with Gasteiger partial charge in [0.2, 0.25) is 0 Å². The van der Waals surface area contributed by atoms with Crippen LogP contribution < -0.4 is 0 Å². The molecule has 1 aromatic rings. The van der Waals surface area contributed by atoms with Crippen molar-refractivity contribution in [3.05, 3.63) is 35.4 Å². The summed E-state index contributed by atoms with van der Waals surface area (Å²) in [5.74, 6) is 0. The minimum Gasteiger partial charge on any atom is -0.303 e. The molecule has 1 fully saturated rings. The first-order valence-electron chi connectivity index (χ1n) is 8.21. The summed E-state index contributed by atoms with van der Waals surface area (Å²) < 4.78 is 0. The van der Waals surface area contributed by atoms with Gasteiger partial charge in [-0.05, 0) is 48.9 Å². The minimum atomic E-state index is -0.628. The second-order valence-corrected chi connectivity index (χ2v) is 11.0. The molecule has 1 aromatic carbocycles. The second kappa shape index (κ2) is 6.44. The highest BCUT2D eigenvalue weighted by molar-refractivity contribution is 6.57. The van der Waals surface area contributed by atoms with Crippen molar-refractivity contribution in [3.63, 3.8) is 0 Å². The third-order valence-corrected chi connectivity index (χ3v) is 6.84. The molecule has 0 amide bonds. The van der Waals surface area contributed by atoms with Crippen LogP contribution in [0.3, 0.4) is 0 Å². The average molecular weight is 290 g/mol. The zero-order valence-corrected chi connectivity index (χ0v) is 15.1. The molecular formula is C18H31NSi. The van der Waals surface area contributed by atoms with E-state index in [9.17, 15) is 0 Å². The largest absolute Gasteiger partial charge is 0.303 e. The zero-order valence-electron chi connectivity index (χ0n) is 13.9. The van der Waals surface area contributed by atoms with Crippen LogP contribution in [0.1, 0.15) is 44.7 Å². The highest BCUT2D eigenvalue weighted by Gasteiger charge is 2.25. The predicted octanol–water partition coefficient (Wildman–Crippen LogP) is 4.02. The molecule has 0 N–H and O–H groups in total. The van der Waals surface area contributed by atoms with Gasteiger partial charge in [-0.1, -0.05) is 58.1 Å². The van der Waals surface area contributed by atoms with Crippen molar-refractivity contribution in [1.29, 1.82) is 0 Å². The highest BCUT2D eigenvalue weighted by atomic mass is 28.3. The van der Waals surface area contributed by atoms with Crippen molar-refractivity contribution in [2.45, 2.75) is 64.2 Å². The monoisotopic (exact) mass is 289 g/mol. The van der Waals surface area contributed by atoms with E-state index < -0.39 is 8.80 Å². The Balaban J connectivity index is 2.07. The molecule has 0 radical (unpaired) electrons. The van der Waals surface area contributed by atoms with Crippen LogP contribution in [0.4, 0.5) is 0 Å². The summed E-state index contributed by atoms with van der Waals surface area (Å²) in [7, 11) is -0.628. The fraction of sp³-hybridized carbons (Fsp3) is 0.667. The maximum absolute atomic E-state index is 2.76. The molecule has 2 rings (SSSR count). The maximum Gasteiger partial charge on any atom is 0.0513 e. The van der Waals surface area contributed by atoms with E-state index in [0.717, 1.165) is 5.67 Å². The van der Waals surface area contributed by atoms with E-state index in [4.69, 9.17) is 0 Å². The maximum atomic E-state index is 2.76. The summed E-state index contributed by atoms with van der Waals surface area (Å²) in [5.41, 5.74) is 4.08. The van der Waals surface area contributed by atoms with Gasteiger partial charge in [-0.3, -0.25) is 0 Å². The molecule has 1 aliphatic rings. The fourth-order valence-corrected chi connectivity index (χ4v) is 5.13. The molecule has 1 aliphatic heterocycles. The number of hydrogen-bond acceptors (Lipinski definition) is 1. The van der Waals surface area contributed by atoms with Crippen LogP contribution in [0, 0.1) is 0 Å². The Kier molecular flexibility index (Phi) is 5.08. The normalized spacial score (nSPS) is 18.7. The highest BCUT2D eigenvalue weighted by Crippen LogP contribution is 2.23. The van der Waals surface area contributed by atoms with Gasteiger partial charge in [0.1, 0.15) is 0 Å². The van der Waals surface area contributed by atoms with E-state index in [1.54, 1.807) is 0 Å². The number of nitrogens with zero attached hydrogens (tertiary/aromatic N) is 1. The predicted molar refractivity (Wildman–Crippen MR) is 92.3 cm³/mol. The van der Waals surface area contributed by atoms with E-state index in [1.807, 2.05) is 0 Å². The molecule has 2 heteroatoms. The summed E-state index contributed by atoms with van der Waals surface area (Å²) in [4.78, 5) is 2.76. The Morgan fingerprint density at radius 2 is 1.60 bits per heavy atom. The molecule has 0 aliphatic carbocycles. The molecule has 1 saturated heterocycles. The smallest absolute Gasteiger partial charge is 0.0513 e. The molecule has 112 valence electrons. The molecular weight excluding hydrogens is 258 g/mol. The van der Waals surface area contributed by atoms with E-state index in [1.165, 1.54) is 43.5 Å². The number of hydrogen-bond donors (Lipinski definition) is 0. The molecule has 0 saturated carbocycles. The van der Waals surface area contributed by atoms with Gasteiger partial charge < -0.3 is 4.90 Å². The molecule has 1 atom stereocenters. The lowest BCUT2D eigenvalue weighted by atomic mass is 9.86. The third-order valence-electron chi connectivity index (χ3n) is 4.64. The van der Waals surface area contributed by atoms with Crippen molar-refractivity contribution in [2.75, 3.05) is 13.1 Å².